The molecule has 24 heavy (non-hydrogen) atoms. The first-order valence-corrected chi connectivity index (χ1v) is 7.57. The third kappa shape index (κ3) is 3.44. The highest BCUT2D eigenvalue weighted by molar-refractivity contribution is 6.33. The molecule has 122 valence electrons. The highest BCUT2D eigenvalue weighted by atomic mass is 35.5. The van der Waals surface area contributed by atoms with Crippen LogP contribution in [-0.2, 0) is 16.0 Å². The van der Waals surface area contributed by atoms with Gasteiger partial charge in [0.2, 0.25) is 5.91 Å². The predicted molar refractivity (Wildman–Crippen MR) is 89.6 cm³/mol. The van der Waals surface area contributed by atoms with Gasteiger partial charge in [0.25, 0.3) is 5.91 Å². The number of halogens is 2. The van der Waals surface area contributed by atoms with Gasteiger partial charge in [-0.25, -0.2) is 9.82 Å². The van der Waals surface area contributed by atoms with Crippen molar-refractivity contribution >= 4 is 35.3 Å². The van der Waals surface area contributed by atoms with Crippen LogP contribution in [0.4, 0.5) is 10.1 Å². The maximum absolute atomic E-state index is 13.2. The maximum Gasteiger partial charge on any atom is 0.260 e. The molecule has 0 bridgehead atoms. The molecule has 0 fully saturated rings. The first-order chi connectivity index (χ1) is 11.5. The van der Waals surface area contributed by atoms with Crippen molar-refractivity contribution in [3.63, 3.8) is 0 Å². The summed E-state index contributed by atoms with van der Waals surface area (Å²) in [6.45, 7) is -0.183. The Balaban J connectivity index is 1.64. The Kier molecular flexibility index (Phi) is 4.57. The van der Waals surface area contributed by atoms with Crippen molar-refractivity contribution in [1.29, 1.82) is 0 Å². The zero-order valence-electron chi connectivity index (χ0n) is 12.5. The summed E-state index contributed by atoms with van der Waals surface area (Å²) in [6.07, 6.45) is 1.51. The number of nitrogens with zero attached hydrogens (tertiary/aromatic N) is 2. The largest absolute Gasteiger partial charge is 0.302 e. The number of rotatable bonds is 4. The van der Waals surface area contributed by atoms with E-state index in [-0.39, 0.29) is 18.9 Å². The zero-order chi connectivity index (χ0) is 17.1. The molecule has 0 atom stereocenters. The van der Waals surface area contributed by atoms with E-state index in [2.05, 4.69) is 10.5 Å². The second-order valence-corrected chi connectivity index (χ2v) is 5.65. The lowest BCUT2D eigenvalue weighted by Crippen LogP contribution is -2.37. The van der Waals surface area contributed by atoms with Crippen LogP contribution in [0.2, 0.25) is 5.02 Å². The number of hydrazone groups is 1. The highest BCUT2D eigenvalue weighted by Crippen LogP contribution is 2.29. The van der Waals surface area contributed by atoms with Gasteiger partial charge in [-0.05, 0) is 29.8 Å². The first-order valence-electron chi connectivity index (χ1n) is 7.20. The summed E-state index contributed by atoms with van der Waals surface area (Å²) in [6, 6.07) is 11.1. The second kappa shape index (κ2) is 6.80. The van der Waals surface area contributed by atoms with E-state index in [1.54, 1.807) is 24.3 Å². The number of benzene rings is 2. The van der Waals surface area contributed by atoms with E-state index in [4.69, 9.17) is 11.6 Å². The average Bonchev–Trinajstić information content (AvgIpc) is 2.84. The second-order valence-electron chi connectivity index (χ2n) is 5.24. The van der Waals surface area contributed by atoms with Gasteiger partial charge in [0.15, 0.2) is 0 Å². The number of nitrogens with one attached hydrogen (secondary N) is 1. The lowest BCUT2D eigenvalue weighted by atomic mass is 10.1. The fourth-order valence-corrected chi connectivity index (χ4v) is 2.64. The zero-order valence-corrected chi connectivity index (χ0v) is 13.3. The molecule has 2 aromatic rings. The molecule has 0 spiro atoms. The highest BCUT2D eigenvalue weighted by Gasteiger charge is 2.28. The molecular formula is C17H13ClFN3O2. The van der Waals surface area contributed by atoms with Crippen molar-refractivity contribution in [2.45, 2.75) is 6.42 Å². The Labute approximate surface area is 142 Å². The summed E-state index contributed by atoms with van der Waals surface area (Å²) >= 11 is 5.98. The standard InChI is InChI=1S/C17H13ClFN3O2/c18-14-4-2-1-3-11(14)9-20-21-16(23)10-22-15-6-5-13(19)7-12(15)8-17(22)24/h1-7,9H,8,10H2,(H,21,23)/b20-9+. The summed E-state index contributed by atoms with van der Waals surface area (Å²) in [7, 11) is 0. The lowest BCUT2D eigenvalue weighted by molar-refractivity contribution is -0.123. The Hall–Kier alpha value is -2.73. The van der Waals surface area contributed by atoms with Gasteiger partial charge in [-0.15, -0.1) is 0 Å². The fraction of sp³-hybridized carbons (Fsp3) is 0.118. The quantitative estimate of drug-likeness (QED) is 0.683. The molecule has 1 aliphatic heterocycles. The van der Waals surface area contributed by atoms with Crippen molar-refractivity contribution in [3.05, 3.63) is 64.4 Å². The van der Waals surface area contributed by atoms with E-state index in [1.165, 1.54) is 29.3 Å². The normalized spacial score (nSPS) is 13.4. The molecule has 1 N–H and O–H groups in total. The van der Waals surface area contributed by atoms with E-state index in [0.717, 1.165) is 0 Å². The molecule has 0 radical (unpaired) electrons. The molecular weight excluding hydrogens is 333 g/mol. The van der Waals surface area contributed by atoms with Gasteiger partial charge in [-0.2, -0.15) is 5.10 Å². The van der Waals surface area contributed by atoms with Gasteiger partial charge < -0.3 is 4.90 Å². The van der Waals surface area contributed by atoms with Gasteiger partial charge in [0.05, 0.1) is 12.6 Å². The molecule has 2 aromatic carbocycles. The minimum Gasteiger partial charge on any atom is -0.302 e. The fourth-order valence-electron chi connectivity index (χ4n) is 2.46. The van der Waals surface area contributed by atoms with Gasteiger partial charge in [-0.1, -0.05) is 29.8 Å². The number of fused-ring (bicyclic) bond motifs is 1. The molecule has 1 heterocycles. The molecule has 0 saturated carbocycles. The van der Waals surface area contributed by atoms with Crippen molar-refractivity contribution in [2.75, 3.05) is 11.4 Å². The maximum atomic E-state index is 13.2. The summed E-state index contributed by atoms with van der Waals surface area (Å²) in [5.74, 6) is -1.11. The number of amides is 2. The Morgan fingerprint density at radius 3 is 2.92 bits per heavy atom. The molecule has 0 aromatic heterocycles. The number of carbonyl (C=O) groups excluding carboxylic acids is 2. The van der Waals surface area contributed by atoms with E-state index in [9.17, 15) is 14.0 Å². The Bertz CT molecular complexity index is 838. The topological polar surface area (TPSA) is 61.8 Å². The summed E-state index contributed by atoms with van der Waals surface area (Å²) < 4.78 is 13.2. The monoisotopic (exact) mass is 345 g/mol. The van der Waals surface area contributed by atoms with Crippen LogP contribution in [0.5, 0.6) is 0 Å². The van der Waals surface area contributed by atoms with Crippen molar-refractivity contribution in [1.82, 2.24) is 5.43 Å². The van der Waals surface area contributed by atoms with Crippen LogP contribution in [0.1, 0.15) is 11.1 Å². The smallest absolute Gasteiger partial charge is 0.260 e. The number of hydrogen-bond donors (Lipinski definition) is 1. The van der Waals surface area contributed by atoms with E-state index >= 15 is 0 Å². The van der Waals surface area contributed by atoms with Crippen LogP contribution in [0.25, 0.3) is 0 Å². The van der Waals surface area contributed by atoms with Gasteiger partial charge in [0.1, 0.15) is 12.4 Å². The van der Waals surface area contributed by atoms with Crippen molar-refractivity contribution in [2.24, 2.45) is 5.10 Å². The lowest BCUT2D eigenvalue weighted by Gasteiger charge is -2.15. The van der Waals surface area contributed by atoms with E-state index < -0.39 is 11.7 Å². The molecule has 5 nitrogen and oxygen atoms in total. The Morgan fingerprint density at radius 1 is 1.33 bits per heavy atom. The van der Waals surface area contributed by atoms with Crippen LogP contribution in [-0.4, -0.2) is 24.6 Å². The van der Waals surface area contributed by atoms with Crippen LogP contribution in [0, 0.1) is 5.82 Å². The minimum atomic E-state index is -0.455. The number of hydrogen-bond acceptors (Lipinski definition) is 3. The summed E-state index contributed by atoms with van der Waals surface area (Å²) in [5, 5.41) is 4.35. The number of anilines is 1. The SMILES string of the molecule is O=C(CN1C(=O)Cc2cc(F)ccc21)N/N=C/c1ccccc1Cl. The molecule has 3 rings (SSSR count). The Morgan fingerprint density at radius 2 is 2.12 bits per heavy atom. The van der Waals surface area contributed by atoms with Crippen LogP contribution < -0.4 is 10.3 Å². The third-order valence-electron chi connectivity index (χ3n) is 3.57. The summed E-state index contributed by atoms with van der Waals surface area (Å²) in [5.41, 5.74) is 4.14. The summed E-state index contributed by atoms with van der Waals surface area (Å²) in [4.78, 5) is 25.3. The van der Waals surface area contributed by atoms with Gasteiger partial charge in [0, 0.05) is 16.3 Å². The van der Waals surface area contributed by atoms with Crippen molar-refractivity contribution < 1.29 is 14.0 Å². The van der Waals surface area contributed by atoms with Crippen LogP contribution in [0.15, 0.2) is 47.6 Å². The van der Waals surface area contributed by atoms with Crippen LogP contribution >= 0.6 is 11.6 Å². The van der Waals surface area contributed by atoms with Crippen molar-refractivity contribution in [3.8, 4) is 0 Å². The average molecular weight is 346 g/mol. The minimum absolute atomic E-state index is 0.0866. The predicted octanol–water partition coefficient (Wildman–Crippen LogP) is 2.52. The van der Waals surface area contributed by atoms with Gasteiger partial charge >= 0.3 is 0 Å². The molecule has 0 aliphatic carbocycles. The van der Waals surface area contributed by atoms with Gasteiger partial charge in [-0.3, -0.25) is 9.59 Å². The molecule has 1 aliphatic rings. The molecule has 0 saturated heterocycles. The molecule has 2 amide bonds. The first kappa shape index (κ1) is 16.1. The van der Waals surface area contributed by atoms with Crippen LogP contribution in [0.3, 0.4) is 0 Å². The molecule has 0 unspecified atom stereocenters. The number of carbonyl (C=O) groups is 2. The van der Waals surface area contributed by atoms with E-state index in [0.29, 0.717) is 21.8 Å². The third-order valence-corrected chi connectivity index (χ3v) is 3.92. The van der Waals surface area contributed by atoms with E-state index in [1.807, 2.05) is 0 Å². The molecule has 7 heteroatoms.